The van der Waals surface area contributed by atoms with E-state index in [4.69, 9.17) is 4.74 Å². The van der Waals surface area contributed by atoms with Crippen molar-refractivity contribution in [1.29, 1.82) is 0 Å². The number of carbonyl (C=O) groups excluding carboxylic acids is 2. The number of nitrogens with one attached hydrogen (secondary N) is 1. The molecule has 4 rings (SSSR count). The third-order valence-electron chi connectivity index (χ3n) is 5.31. The first-order valence-electron chi connectivity index (χ1n) is 9.62. The lowest BCUT2D eigenvalue weighted by Gasteiger charge is -2.31. The predicted molar refractivity (Wildman–Crippen MR) is 99.6 cm³/mol. The molecule has 1 saturated heterocycles. The molecule has 2 amide bonds. The summed E-state index contributed by atoms with van der Waals surface area (Å²) in [6.45, 7) is 2.62. The van der Waals surface area contributed by atoms with E-state index in [0.717, 1.165) is 31.5 Å². The second kappa shape index (κ2) is 8.00. The molecule has 2 aliphatic heterocycles. The van der Waals surface area contributed by atoms with Crippen LogP contribution in [0.2, 0.25) is 0 Å². The van der Waals surface area contributed by atoms with Crippen LogP contribution in [0.15, 0.2) is 30.3 Å². The maximum Gasteiger partial charge on any atom is 0.269 e. The summed E-state index contributed by atoms with van der Waals surface area (Å²) in [5.41, 5.74) is 1.56. The zero-order chi connectivity index (χ0) is 19.5. The number of nitrogens with zero attached hydrogens (tertiary/aromatic N) is 3. The van der Waals surface area contributed by atoms with E-state index in [1.165, 1.54) is 24.3 Å². The van der Waals surface area contributed by atoms with Gasteiger partial charge in [0.1, 0.15) is 17.3 Å². The highest BCUT2D eigenvalue weighted by Gasteiger charge is 2.27. The van der Waals surface area contributed by atoms with Gasteiger partial charge in [-0.1, -0.05) is 0 Å². The fourth-order valence-corrected chi connectivity index (χ4v) is 3.70. The molecule has 28 heavy (non-hydrogen) atoms. The quantitative estimate of drug-likeness (QED) is 0.871. The lowest BCUT2D eigenvalue weighted by molar-refractivity contribution is -0.134. The number of aryl methyl sites for hydroxylation is 1. The highest BCUT2D eigenvalue weighted by molar-refractivity contribution is 5.92. The second-order valence-electron chi connectivity index (χ2n) is 7.18. The summed E-state index contributed by atoms with van der Waals surface area (Å²) in [7, 11) is 0. The van der Waals surface area contributed by atoms with E-state index in [1.54, 1.807) is 9.58 Å². The van der Waals surface area contributed by atoms with E-state index in [1.807, 2.05) is 6.07 Å². The first kappa shape index (κ1) is 18.5. The van der Waals surface area contributed by atoms with Crippen molar-refractivity contribution in [2.24, 2.45) is 0 Å². The molecule has 0 saturated carbocycles. The molecule has 1 fully saturated rings. The van der Waals surface area contributed by atoms with Crippen LogP contribution in [-0.2, 0) is 11.3 Å². The largest absolute Gasteiger partial charge is 0.484 e. The SMILES string of the molecule is O=C1NCCCn2nc(C3CCN(C(=O)COc4ccc(F)cc4)CC3)cc21. The van der Waals surface area contributed by atoms with Crippen LogP contribution in [0, 0.1) is 5.82 Å². The fourth-order valence-electron chi connectivity index (χ4n) is 3.70. The van der Waals surface area contributed by atoms with Gasteiger partial charge in [0.25, 0.3) is 11.8 Å². The first-order valence-corrected chi connectivity index (χ1v) is 9.62. The predicted octanol–water partition coefficient (Wildman–Crippen LogP) is 1.94. The lowest BCUT2D eigenvalue weighted by Crippen LogP contribution is -2.40. The third-order valence-corrected chi connectivity index (χ3v) is 5.31. The van der Waals surface area contributed by atoms with Gasteiger partial charge in [0, 0.05) is 32.1 Å². The monoisotopic (exact) mass is 386 g/mol. The highest BCUT2D eigenvalue weighted by atomic mass is 19.1. The smallest absolute Gasteiger partial charge is 0.269 e. The number of benzene rings is 1. The number of halogens is 1. The van der Waals surface area contributed by atoms with Crippen LogP contribution in [0.4, 0.5) is 4.39 Å². The Balaban J connectivity index is 1.31. The number of fused-ring (bicyclic) bond motifs is 1. The molecular formula is C20H23FN4O3. The van der Waals surface area contributed by atoms with Gasteiger partial charge in [0.15, 0.2) is 6.61 Å². The molecule has 7 nitrogen and oxygen atoms in total. The number of amides is 2. The molecule has 0 radical (unpaired) electrons. The second-order valence-corrected chi connectivity index (χ2v) is 7.18. The Morgan fingerprint density at radius 1 is 1.21 bits per heavy atom. The Bertz CT molecular complexity index is 857. The van der Waals surface area contributed by atoms with Crippen LogP contribution in [0.25, 0.3) is 0 Å². The Hall–Kier alpha value is -2.90. The normalized spacial score (nSPS) is 17.6. The van der Waals surface area contributed by atoms with Gasteiger partial charge in [-0.2, -0.15) is 5.10 Å². The standard InChI is InChI=1S/C20H23FN4O3/c21-15-2-4-16(5-3-15)28-13-19(26)24-10-6-14(7-11-24)17-12-18-20(27)22-8-1-9-25(18)23-17/h2-5,12,14H,1,6-11,13H2,(H,22,27). The maximum atomic E-state index is 12.9. The first-order chi connectivity index (χ1) is 13.6. The average Bonchev–Trinajstić information content (AvgIpc) is 3.07. The van der Waals surface area contributed by atoms with Crippen LogP contribution in [-0.4, -0.2) is 52.7 Å². The van der Waals surface area contributed by atoms with E-state index in [2.05, 4.69) is 10.4 Å². The zero-order valence-corrected chi connectivity index (χ0v) is 15.6. The van der Waals surface area contributed by atoms with Crippen LogP contribution in [0.5, 0.6) is 5.75 Å². The zero-order valence-electron chi connectivity index (χ0n) is 15.6. The van der Waals surface area contributed by atoms with E-state index >= 15 is 0 Å². The molecule has 0 bridgehead atoms. The van der Waals surface area contributed by atoms with Gasteiger partial charge in [0.05, 0.1) is 5.69 Å². The number of ether oxygens (including phenoxy) is 1. The molecule has 8 heteroatoms. The van der Waals surface area contributed by atoms with Crippen LogP contribution >= 0.6 is 0 Å². The van der Waals surface area contributed by atoms with Gasteiger partial charge in [-0.05, 0) is 49.6 Å². The van der Waals surface area contributed by atoms with Crippen molar-refractivity contribution in [1.82, 2.24) is 20.0 Å². The molecule has 3 heterocycles. The fraction of sp³-hybridized carbons (Fsp3) is 0.450. The molecule has 0 aliphatic carbocycles. The summed E-state index contributed by atoms with van der Waals surface area (Å²) in [6.07, 6.45) is 2.49. The van der Waals surface area contributed by atoms with Gasteiger partial charge in [0.2, 0.25) is 0 Å². The molecular weight excluding hydrogens is 363 g/mol. The maximum absolute atomic E-state index is 12.9. The molecule has 1 N–H and O–H groups in total. The van der Waals surface area contributed by atoms with Crippen molar-refractivity contribution in [3.05, 3.63) is 47.5 Å². The Morgan fingerprint density at radius 2 is 1.96 bits per heavy atom. The number of likely N-dealkylation sites (tertiary alicyclic amines) is 1. The molecule has 0 atom stereocenters. The van der Waals surface area contributed by atoms with Gasteiger partial charge in [-0.3, -0.25) is 14.3 Å². The molecule has 0 unspecified atom stereocenters. The number of piperidine rings is 1. The van der Waals surface area contributed by atoms with Gasteiger partial charge in [-0.15, -0.1) is 0 Å². The number of hydrogen-bond donors (Lipinski definition) is 1. The van der Waals surface area contributed by atoms with Crippen molar-refractivity contribution in [2.45, 2.75) is 31.7 Å². The number of aromatic nitrogens is 2. The Kier molecular flexibility index (Phi) is 5.27. The van der Waals surface area contributed by atoms with Crippen LogP contribution in [0.3, 0.4) is 0 Å². The van der Waals surface area contributed by atoms with E-state index in [0.29, 0.717) is 31.1 Å². The number of carbonyl (C=O) groups is 2. The van der Waals surface area contributed by atoms with Gasteiger partial charge < -0.3 is 15.0 Å². The summed E-state index contributed by atoms with van der Waals surface area (Å²) in [6, 6.07) is 7.51. The Morgan fingerprint density at radius 3 is 2.71 bits per heavy atom. The minimum Gasteiger partial charge on any atom is -0.484 e. The summed E-state index contributed by atoms with van der Waals surface area (Å²) >= 11 is 0. The highest BCUT2D eigenvalue weighted by Crippen LogP contribution is 2.28. The van der Waals surface area contributed by atoms with E-state index in [-0.39, 0.29) is 30.2 Å². The molecule has 2 aliphatic rings. The molecule has 0 spiro atoms. The Labute approximate surface area is 162 Å². The summed E-state index contributed by atoms with van der Waals surface area (Å²) in [5, 5.41) is 7.52. The topological polar surface area (TPSA) is 76.5 Å². The van der Waals surface area contributed by atoms with E-state index in [9.17, 15) is 14.0 Å². The molecule has 1 aromatic heterocycles. The average molecular weight is 386 g/mol. The number of rotatable bonds is 4. The van der Waals surface area contributed by atoms with Crippen molar-refractivity contribution in [3.8, 4) is 5.75 Å². The van der Waals surface area contributed by atoms with Crippen LogP contribution in [0.1, 0.15) is 41.4 Å². The summed E-state index contributed by atoms with van der Waals surface area (Å²) in [5.74, 6) is 0.233. The van der Waals surface area contributed by atoms with Crippen molar-refractivity contribution < 1.29 is 18.7 Å². The minimum absolute atomic E-state index is 0.0603. The molecule has 1 aromatic carbocycles. The summed E-state index contributed by atoms with van der Waals surface area (Å²) in [4.78, 5) is 26.3. The van der Waals surface area contributed by atoms with Gasteiger partial charge >= 0.3 is 0 Å². The molecule has 2 aromatic rings. The van der Waals surface area contributed by atoms with Gasteiger partial charge in [-0.25, -0.2) is 4.39 Å². The van der Waals surface area contributed by atoms with Crippen molar-refractivity contribution in [3.63, 3.8) is 0 Å². The molecule has 148 valence electrons. The van der Waals surface area contributed by atoms with E-state index < -0.39 is 0 Å². The van der Waals surface area contributed by atoms with Crippen molar-refractivity contribution >= 4 is 11.8 Å². The lowest BCUT2D eigenvalue weighted by atomic mass is 9.93. The minimum atomic E-state index is -0.338. The summed E-state index contributed by atoms with van der Waals surface area (Å²) < 4.78 is 20.2. The third kappa shape index (κ3) is 4.00. The van der Waals surface area contributed by atoms with Crippen molar-refractivity contribution in [2.75, 3.05) is 26.2 Å². The number of hydrogen-bond acceptors (Lipinski definition) is 4. The van der Waals surface area contributed by atoms with Crippen LogP contribution < -0.4 is 10.1 Å².